The fourth-order valence-electron chi connectivity index (χ4n) is 4.33. The normalized spacial score (nSPS) is 32.2. The summed E-state index contributed by atoms with van der Waals surface area (Å²) in [5, 5.41) is 3.69. The van der Waals surface area contributed by atoms with Crippen LogP contribution in [0.25, 0.3) is 0 Å². The van der Waals surface area contributed by atoms with Gasteiger partial charge in [-0.05, 0) is 58.2 Å². The molecule has 2 aliphatic heterocycles. The van der Waals surface area contributed by atoms with Crippen LogP contribution in [0.2, 0.25) is 0 Å². The molecule has 0 amide bonds. The number of nitrogens with zero attached hydrogens (tertiary/aromatic N) is 1. The van der Waals surface area contributed by atoms with Gasteiger partial charge >= 0.3 is 0 Å². The predicted octanol–water partition coefficient (Wildman–Crippen LogP) is 4.11. The molecular weight excluding hydrogens is 264 g/mol. The maximum absolute atomic E-state index is 3.69. The highest BCUT2D eigenvalue weighted by molar-refractivity contribution is 7.12. The van der Waals surface area contributed by atoms with E-state index in [9.17, 15) is 0 Å². The minimum Gasteiger partial charge on any atom is -0.314 e. The first-order valence-electron chi connectivity index (χ1n) is 8.26. The van der Waals surface area contributed by atoms with Crippen LogP contribution in [0.3, 0.4) is 0 Å². The van der Waals surface area contributed by atoms with E-state index in [1.54, 1.807) is 4.88 Å². The quantitative estimate of drug-likeness (QED) is 0.898. The Kier molecular flexibility index (Phi) is 4.49. The highest BCUT2D eigenvalue weighted by atomic mass is 32.1. The Bertz CT molecular complexity index is 428. The Morgan fingerprint density at radius 3 is 2.55 bits per heavy atom. The van der Waals surface area contributed by atoms with Crippen molar-refractivity contribution in [2.45, 2.75) is 77.0 Å². The third kappa shape index (κ3) is 2.81. The average molecular weight is 292 g/mol. The van der Waals surface area contributed by atoms with Gasteiger partial charge < -0.3 is 5.32 Å². The molecule has 1 N–H and O–H groups in total. The van der Waals surface area contributed by atoms with E-state index in [0.29, 0.717) is 6.04 Å². The summed E-state index contributed by atoms with van der Waals surface area (Å²) in [5.41, 5.74) is 0. The first-order chi connectivity index (χ1) is 9.69. The second-order valence-electron chi connectivity index (χ2n) is 6.54. The molecule has 0 spiro atoms. The molecule has 3 atom stereocenters. The predicted molar refractivity (Wildman–Crippen MR) is 87.4 cm³/mol. The van der Waals surface area contributed by atoms with Crippen molar-refractivity contribution in [3.8, 4) is 0 Å². The molecule has 20 heavy (non-hydrogen) atoms. The maximum atomic E-state index is 3.69. The number of aryl methyl sites for hydroxylation is 1. The molecule has 112 valence electrons. The molecule has 3 heterocycles. The molecular formula is C17H28N2S. The number of rotatable bonds is 4. The van der Waals surface area contributed by atoms with Gasteiger partial charge in [0.15, 0.2) is 0 Å². The van der Waals surface area contributed by atoms with E-state index in [2.05, 4.69) is 43.1 Å². The lowest BCUT2D eigenvalue weighted by atomic mass is 9.80. The van der Waals surface area contributed by atoms with E-state index in [-0.39, 0.29) is 0 Å². The summed E-state index contributed by atoms with van der Waals surface area (Å²) in [4.78, 5) is 5.85. The minimum absolute atomic E-state index is 0.603. The van der Waals surface area contributed by atoms with Gasteiger partial charge in [0.2, 0.25) is 0 Å². The average Bonchev–Trinajstić information content (AvgIpc) is 2.84. The molecule has 3 unspecified atom stereocenters. The SMILES string of the molecule is CCNC1CC2CCCC(C1)N2C(C)c1ccc(C)s1. The van der Waals surface area contributed by atoms with Crippen molar-refractivity contribution >= 4 is 11.3 Å². The van der Waals surface area contributed by atoms with Gasteiger partial charge in [-0.25, -0.2) is 0 Å². The molecule has 0 radical (unpaired) electrons. The van der Waals surface area contributed by atoms with Crippen LogP contribution in [0.4, 0.5) is 0 Å². The van der Waals surface area contributed by atoms with Gasteiger partial charge in [0.05, 0.1) is 0 Å². The van der Waals surface area contributed by atoms with Crippen LogP contribution in [0.1, 0.15) is 61.7 Å². The second-order valence-corrected chi connectivity index (χ2v) is 7.86. The number of nitrogens with one attached hydrogen (secondary N) is 1. The van der Waals surface area contributed by atoms with Crippen LogP contribution in [-0.2, 0) is 0 Å². The van der Waals surface area contributed by atoms with Gasteiger partial charge in [-0.1, -0.05) is 13.3 Å². The first kappa shape index (κ1) is 14.6. The topological polar surface area (TPSA) is 15.3 Å². The molecule has 0 aliphatic carbocycles. The molecule has 2 bridgehead atoms. The second kappa shape index (κ2) is 6.17. The maximum Gasteiger partial charge on any atom is 0.0419 e. The van der Waals surface area contributed by atoms with Crippen LogP contribution < -0.4 is 5.32 Å². The molecule has 3 heteroatoms. The van der Waals surface area contributed by atoms with Crippen LogP contribution in [0, 0.1) is 6.92 Å². The monoisotopic (exact) mass is 292 g/mol. The van der Waals surface area contributed by atoms with Crippen LogP contribution in [0.5, 0.6) is 0 Å². The zero-order chi connectivity index (χ0) is 14.1. The summed E-state index contributed by atoms with van der Waals surface area (Å²) in [6.07, 6.45) is 6.92. The Morgan fingerprint density at radius 1 is 1.30 bits per heavy atom. The molecule has 0 saturated carbocycles. The highest BCUT2D eigenvalue weighted by Crippen LogP contribution is 2.41. The van der Waals surface area contributed by atoms with Crippen molar-refractivity contribution in [3.63, 3.8) is 0 Å². The van der Waals surface area contributed by atoms with E-state index in [1.807, 2.05) is 11.3 Å². The lowest BCUT2D eigenvalue weighted by molar-refractivity contribution is -0.00496. The summed E-state index contributed by atoms with van der Waals surface area (Å²) >= 11 is 1.98. The molecule has 1 aromatic heterocycles. The molecule has 2 aliphatic rings. The first-order valence-corrected chi connectivity index (χ1v) is 9.07. The van der Waals surface area contributed by atoms with Gasteiger partial charge in [0, 0.05) is 33.9 Å². The van der Waals surface area contributed by atoms with Gasteiger partial charge in [-0.2, -0.15) is 0 Å². The molecule has 2 nitrogen and oxygen atoms in total. The van der Waals surface area contributed by atoms with Crippen molar-refractivity contribution in [3.05, 3.63) is 21.9 Å². The minimum atomic E-state index is 0.603. The molecule has 2 saturated heterocycles. The van der Waals surface area contributed by atoms with Gasteiger partial charge in [-0.3, -0.25) is 4.90 Å². The Labute approximate surface area is 127 Å². The van der Waals surface area contributed by atoms with Crippen LogP contribution in [-0.4, -0.2) is 29.6 Å². The van der Waals surface area contributed by atoms with Crippen LogP contribution in [0.15, 0.2) is 12.1 Å². The lowest BCUT2D eigenvalue weighted by Gasteiger charge is -2.51. The van der Waals surface area contributed by atoms with E-state index >= 15 is 0 Å². The molecule has 0 aromatic carbocycles. The number of thiophene rings is 1. The van der Waals surface area contributed by atoms with Gasteiger partial charge in [0.25, 0.3) is 0 Å². The fraction of sp³-hybridized carbons (Fsp3) is 0.765. The molecule has 1 aromatic rings. The Morgan fingerprint density at radius 2 is 2.00 bits per heavy atom. The number of piperidine rings is 2. The molecule has 2 fully saturated rings. The standard InChI is InChI=1S/C17H28N2S/c1-4-18-14-10-15-6-5-7-16(11-14)19(15)13(3)17-9-8-12(2)20-17/h8-9,13-16,18H,4-7,10-11H2,1-3H3. The van der Waals surface area contributed by atoms with Crippen molar-refractivity contribution in [2.75, 3.05) is 6.54 Å². The van der Waals surface area contributed by atoms with Crippen molar-refractivity contribution < 1.29 is 0 Å². The summed E-state index contributed by atoms with van der Waals surface area (Å²) < 4.78 is 0. The van der Waals surface area contributed by atoms with E-state index < -0.39 is 0 Å². The highest BCUT2D eigenvalue weighted by Gasteiger charge is 2.40. The third-order valence-corrected chi connectivity index (χ3v) is 6.32. The van der Waals surface area contributed by atoms with E-state index in [4.69, 9.17) is 0 Å². The lowest BCUT2D eigenvalue weighted by Crippen LogP contribution is -2.56. The van der Waals surface area contributed by atoms with Crippen LogP contribution >= 0.6 is 11.3 Å². The Balaban J connectivity index is 1.76. The third-order valence-electron chi connectivity index (χ3n) is 5.14. The van der Waals surface area contributed by atoms with Crippen molar-refractivity contribution in [2.24, 2.45) is 0 Å². The van der Waals surface area contributed by atoms with E-state index in [1.165, 1.54) is 37.0 Å². The van der Waals surface area contributed by atoms with Gasteiger partial charge in [-0.15, -0.1) is 11.3 Å². The Hall–Kier alpha value is -0.380. The van der Waals surface area contributed by atoms with Crippen molar-refractivity contribution in [1.82, 2.24) is 10.2 Å². The number of hydrogen-bond acceptors (Lipinski definition) is 3. The fourth-order valence-corrected chi connectivity index (χ4v) is 5.27. The number of fused-ring (bicyclic) bond motifs is 2. The smallest absolute Gasteiger partial charge is 0.0419 e. The summed E-state index contributed by atoms with van der Waals surface area (Å²) in [6.45, 7) is 7.99. The summed E-state index contributed by atoms with van der Waals surface area (Å²) in [5.74, 6) is 0. The molecule has 3 rings (SSSR count). The largest absolute Gasteiger partial charge is 0.314 e. The van der Waals surface area contributed by atoms with Gasteiger partial charge in [0.1, 0.15) is 0 Å². The zero-order valence-corrected chi connectivity index (χ0v) is 13.9. The zero-order valence-electron chi connectivity index (χ0n) is 13.1. The number of hydrogen-bond donors (Lipinski definition) is 1. The summed E-state index contributed by atoms with van der Waals surface area (Å²) in [7, 11) is 0. The van der Waals surface area contributed by atoms with E-state index in [0.717, 1.165) is 24.7 Å². The van der Waals surface area contributed by atoms with Crippen molar-refractivity contribution in [1.29, 1.82) is 0 Å². The summed E-state index contributed by atoms with van der Waals surface area (Å²) in [6, 6.07) is 7.57.